The van der Waals surface area contributed by atoms with Crippen molar-refractivity contribution in [3.63, 3.8) is 0 Å². The Labute approximate surface area is 151 Å². The van der Waals surface area contributed by atoms with Crippen LogP contribution in [-0.4, -0.2) is 14.3 Å². The summed E-state index contributed by atoms with van der Waals surface area (Å²) in [6.45, 7) is 3.61. The van der Waals surface area contributed by atoms with Gasteiger partial charge >= 0.3 is 0 Å². The monoisotopic (exact) mass is 370 g/mol. The maximum absolute atomic E-state index is 12.6. The Kier molecular flexibility index (Phi) is 4.81. The van der Waals surface area contributed by atoms with Gasteiger partial charge in [0.2, 0.25) is 0 Å². The summed E-state index contributed by atoms with van der Waals surface area (Å²) in [5, 5.41) is 2.72. The van der Waals surface area contributed by atoms with E-state index in [1.54, 1.807) is 61.5 Å². The Morgan fingerprint density at radius 2 is 1.62 bits per heavy atom. The molecule has 0 fully saturated rings. The molecule has 26 heavy (non-hydrogen) atoms. The van der Waals surface area contributed by atoms with Crippen LogP contribution in [0, 0.1) is 13.8 Å². The summed E-state index contributed by atoms with van der Waals surface area (Å²) in [6, 6.07) is 14.7. The number of carbonyl (C=O) groups excluding carboxylic acids is 1. The fourth-order valence-electron chi connectivity index (χ4n) is 2.39. The summed E-state index contributed by atoms with van der Waals surface area (Å²) < 4.78 is 32.8. The van der Waals surface area contributed by atoms with E-state index in [4.69, 9.17) is 4.42 Å². The number of benzene rings is 2. The van der Waals surface area contributed by atoms with Crippen molar-refractivity contribution >= 4 is 27.3 Å². The average molecular weight is 370 g/mol. The lowest BCUT2D eigenvalue weighted by Crippen LogP contribution is -2.16. The third-order valence-corrected chi connectivity index (χ3v) is 5.28. The van der Waals surface area contributed by atoms with Gasteiger partial charge in [-0.1, -0.05) is 23.8 Å². The third-order valence-electron chi connectivity index (χ3n) is 3.90. The van der Waals surface area contributed by atoms with Crippen molar-refractivity contribution in [2.24, 2.45) is 0 Å². The SMILES string of the molecule is Cc1ccc(S(=O)(=O)Nc2cccc(NC(=O)c3ccco3)c2C)cc1. The summed E-state index contributed by atoms with van der Waals surface area (Å²) in [5.74, 6) is -0.230. The zero-order valence-corrected chi connectivity index (χ0v) is 15.1. The Morgan fingerprint density at radius 3 is 2.27 bits per heavy atom. The molecule has 134 valence electrons. The van der Waals surface area contributed by atoms with Crippen LogP contribution in [0.25, 0.3) is 0 Å². The molecule has 0 aliphatic heterocycles. The molecule has 0 bridgehead atoms. The van der Waals surface area contributed by atoms with Gasteiger partial charge in [-0.05, 0) is 55.8 Å². The van der Waals surface area contributed by atoms with Crippen LogP contribution in [0.5, 0.6) is 0 Å². The second kappa shape index (κ2) is 7.05. The minimum Gasteiger partial charge on any atom is -0.459 e. The largest absolute Gasteiger partial charge is 0.459 e. The highest BCUT2D eigenvalue weighted by molar-refractivity contribution is 7.92. The van der Waals surface area contributed by atoms with Crippen molar-refractivity contribution in [2.45, 2.75) is 18.7 Å². The summed E-state index contributed by atoms with van der Waals surface area (Å²) in [6.07, 6.45) is 1.41. The van der Waals surface area contributed by atoms with Gasteiger partial charge in [0.1, 0.15) is 0 Å². The van der Waals surface area contributed by atoms with E-state index in [1.165, 1.54) is 6.26 Å². The first-order valence-corrected chi connectivity index (χ1v) is 9.39. The Hall–Kier alpha value is -3.06. The third kappa shape index (κ3) is 3.78. The van der Waals surface area contributed by atoms with Crippen LogP contribution in [0.1, 0.15) is 21.7 Å². The second-order valence-electron chi connectivity index (χ2n) is 5.83. The molecule has 6 nitrogen and oxygen atoms in total. The summed E-state index contributed by atoms with van der Waals surface area (Å²) in [7, 11) is -3.72. The number of hydrogen-bond donors (Lipinski definition) is 2. The highest BCUT2D eigenvalue weighted by Crippen LogP contribution is 2.26. The maximum atomic E-state index is 12.6. The molecule has 1 heterocycles. The topological polar surface area (TPSA) is 88.4 Å². The van der Waals surface area contributed by atoms with Crippen molar-refractivity contribution in [2.75, 3.05) is 10.0 Å². The maximum Gasteiger partial charge on any atom is 0.291 e. The van der Waals surface area contributed by atoms with Gasteiger partial charge in [-0.3, -0.25) is 9.52 Å². The molecule has 0 saturated carbocycles. The Morgan fingerprint density at radius 1 is 0.923 bits per heavy atom. The zero-order chi connectivity index (χ0) is 18.7. The number of rotatable bonds is 5. The molecule has 0 aliphatic rings. The molecule has 0 atom stereocenters. The second-order valence-corrected chi connectivity index (χ2v) is 7.51. The van der Waals surface area contributed by atoms with Crippen molar-refractivity contribution in [1.29, 1.82) is 0 Å². The molecule has 3 aromatic rings. The lowest BCUT2D eigenvalue weighted by molar-refractivity contribution is 0.0996. The number of furan rings is 1. The van der Waals surface area contributed by atoms with E-state index in [9.17, 15) is 13.2 Å². The molecule has 2 aromatic carbocycles. The lowest BCUT2D eigenvalue weighted by Gasteiger charge is -2.14. The molecule has 0 radical (unpaired) electrons. The van der Waals surface area contributed by atoms with Crippen molar-refractivity contribution in [1.82, 2.24) is 0 Å². The molecule has 3 rings (SSSR count). The van der Waals surface area contributed by atoms with Crippen LogP contribution in [0.3, 0.4) is 0 Å². The number of hydrogen-bond acceptors (Lipinski definition) is 4. The molecular formula is C19H18N2O4S. The number of carbonyl (C=O) groups is 1. The van der Waals surface area contributed by atoms with Crippen molar-refractivity contribution < 1.29 is 17.6 Å². The molecule has 7 heteroatoms. The van der Waals surface area contributed by atoms with Crippen molar-refractivity contribution in [3.05, 3.63) is 77.7 Å². The van der Waals surface area contributed by atoms with Gasteiger partial charge in [0.25, 0.3) is 15.9 Å². The van der Waals surface area contributed by atoms with Gasteiger partial charge in [-0.2, -0.15) is 0 Å². The summed E-state index contributed by atoms with van der Waals surface area (Å²) in [5.41, 5.74) is 2.46. The van der Waals surface area contributed by atoms with Gasteiger partial charge in [0, 0.05) is 5.69 Å². The molecule has 1 amide bonds. The number of nitrogens with one attached hydrogen (secondary N) is 2. The Bertz CT molecular complexity index is 1020. The fourth-order valence-corrected chi connectivity index (χ4v) is 3.52. The molecule has 1 aromatic heterocycles. The molecule has 0 saturated heterocycles. The Balaban J connectivity index is 1.85. The van der Waals surface area contributed by atoms with Crippen molar-refractivity contribution in [3.8, 4) is 0 Å². The zero-order valence-electron chi connectivity index (χ0n) is 14.3. The van der Waals surface area contributed by atoms with E-state index < -0.39 is 15.9 Å². The molecule has 2 N–H and O–H groups in total. The van der Waals surface area contributed by atoms with Gasteiger partial charge < -0.3 is 9.73 Å². The van der Waals surface area contributed by atoms with Gasteiger partial charge in [0.05, 0.1) is 16.8 Å². The van der Waals surface area contributed by atoms with Crippen LogP contribution >= 0.6 is 0 Å². The van der Waals surface area contributed by atoms with Crippen LogP contribution in [-0.2, 0) is 10.0 Å². The average Bonchev–Trinajstić information content (AvgIpc) is 3.13. The number of sulfonamides is 1. The van der Waals surface area contributed by atoms with E-state index in [0.29, 0.717) is 16.9 Å². The first-order chi connectivity index (χ1) is 12.4. The van der Waals surface area contributed by atoms with Crippen LogP contribution in [0.15, 0.2) is 70.2 Å². The standard InChI is InChI=1S/C19H18N2O4S/c1-13-8-10-15(11-9-13)26(23,24)21-17-6-3-5-16(14(17)2)20-19(22)18-7-4-12-25-18/h3-12,21H,1-2H3,(H,20,22). The first kappa shape index (κ1) is 17.8. The highest BCUT2D eigenvalue weighted by atomic mass is 32.2. The predicted molar refractivity (Wildman–Crippen MR) is 99.8 cm³/mol. The fraction of sp³-hybridized carbons (Fsp3) is 0.105. The van der Waals surface area contributed by atoms with Crippen LogP contribution < -0.4 is 10.0 Å². The van der Waals surface area contributed by atoms with Crippen LogP contribution in [0.4, 0.5) is 11.4 Å². The quantitative estimate of drug-likeness (QED) is 0.712. The van der Waals surface area contributed by atoms with E-state index in [0.717, 1.165) is 5.56 Å². The van der Waals surface area contributed by atoms with E-state index in [2.05, 4.69) is 10.0 Å². The smallest absolute Gasteiger partial charge is 0.291 e. The first-order valence-electron chi connectivity index (χ1n) is 7.91. The van der Waals surface area contributed by atoms with Gasteiger partial charge in [-0.25, -0.2) is 8.42 Å². The molecular weight excluding hydrogens is 352 g/mol. The molecule has 0 spiro atoms. The minimum atomic E-state index is -3.72. The van der Waals surface area contributed by atoms with E-state index in [-0.39, 0.29) is 10.7 Å². The number of anilines is 2. The predicted octanol–water partition coefficient (Wildman–Crippen LogP) is 3.95. The molecule has 0 unspecified atom stereocenters. The number of amides is 1. The number of aryl methyl sites for hydroxylation is 1. The molecule has 0 aliphatic carbocycles. The lowest BCUT2D eigenvalue weighted by atomic mass is 10.1. The van der Waals surface area contributed by atoms with Gasteiger partial charge in [-0.15, -0.1) is 0 Å². The highest BCUT2D eigenvalue weighted by Gasteiger charge is 2.17. The summed E-state index contributed by atoms with van der Waals surface area (Å²) >= 11 is 0. The van der Waals surface area contributed by atoms with E-state index >= 15 is 0 Å². The van der Waals surface area contributed by atoms with E-state index in [1.807, 2.05) is 6.92 Å². The minimum absolute atomic E-state index is 0.174. The van der Waals surface area contributed by atoms with Gasteiger partial charge in [0.15, 0.2) is 5.76 Å². The normalized spacial score (nSPS) is 11.2. The van der Waals surface area contributed by atoms with Crippen LogP contribution in [0.2, 0.25) is 0 Å². The summed E-state index contributed by atoms with van der Waals surface area (Å²) in [4.78, 5) is 12.3.